The van der Waals surface area contributed by atoms with Crippen LogP contribution >= 0.6 is 34.0 Å². The van der Waals surface area contributed by atoms with E-state index in [0.29, 0.717) is 0 Å². The summed E-state index contributed by atoms with van der Waals surface area (Å²) in [5, 5.41) is 0. The lowest BCUT2D eigenvalue weighted by Crippen LogP contribution is -1.87. The largest absolute Gasteiger partial charge is 0.139 e. The first kappa shape index (κ1) is 38.1. The van der Waals surface area contributed by atoms with Gasteiger partial charge < -0.3 is 0 Å². The second-order valence-corrected chi connectivity index (χ2v) is 17.5. The molecule has 0 aliphatic heterocycles. The van der Waals surface area contributed by atoms with Gasteiger partial charge in [-0.1, -0.05) is 159 Å². The summed E-state index contributed by atoms with van der Waals surface area (Å²) < 4.78 is 0. The monoisotopic (exact) mass is 688 g/mol. The van der Waals surface area contributed by atoms with E-state index in [9.17, 15) is 0 Å². The molecular weight excluding hydrogens is 625 g/mol. The highest BCUT2D eigenvalue weighted by atomic mass is 32.1. The molecule has 0 saturated carbocycles. The molecule has 0 spiro atoms. The second kappa shape index (κ2) is 22.1. The van der Waals surface area contributed by atoms with Crippen molar-refractivity contribution in [2.24, 2.45) is 0 Å². The zero-order valence-electron chi connectivity index (χ0n) is 30.4. The quantitative estimate of drug-likeness (QED) is 0.0608. The summed E-state index contributed by atoms with van der Waals surface area (Å²) in [6, 6.07) is 19.0. The summed E-state index contributed by atoms with van der Waals surface area (Å²) in [6.45, 7) is 9.09. The molecule has 0 unspecified atom stereocenters. The van der Waals surface area contributed by atoms with E-state index in [1.807, 2.05) is 34.0 Å². The smallest absolute Gasteiger partial charge is 0.0477 e. The maximum atomic E-state index is 2.54. The first-order chi connectivity index (χ1) is 23.1. The van der Waals surface area contributed by atoms with Crippen LogP contribution in [0.25, 0.3) is 29.9 Å². The number of benzene rings is 1. The number of aryl methyl sites for hydroxylation is 4. The van der Waals surface area contributed by atoms with Crippen LogP contribution in [0.15, 0.2) is 48.5 Å². The summed E-state index contributed by atoms with van der Waals surface area (Å²) in [7, 11) is 0. The highest BCUT2D eigenvalue weighted by molar-refractivity contribution is 7.27. The van der Waals surface area contributed by atoms with E-state index in [4.69, 9.17) is 0 Å². The predicted molar refractivity (Wildman–Crippen MR) is 217 cm³/mol. The number of hydrogen-bond acceptors (Lipinski definition) is 3. The lowest BCUT2D eigenvalue weighted by atomic mass is 10.0. The van der Waals surface area contributed by atoms with Crippen molar-refractivity contribution in [1.29, 1.82) is 0 Å². The van der Waals surface area contributed by atoms with Gasteiger partial charge in [0, 0.05) is 29.3 Å². The minimum absolute atomic E-state index is 1.20. The van der Waals surface area contributed by atoms with Crippen molar-refractivity contribution in [2.45, 2.75) is 169 Å². The minimum atomic E-state index is 1.20. The van der Waals surface area contributed by atoms with Gasteiger partial charge in [0.2, 0.25) is 0 Å². The van der Waals surface area contributed by atoms with Gasteiger partial charge in [-0.25, -0.2) is 0 Å². The average molecular weight is 689 g/mol. The standard InChI is InChI=1S/C44H64S3/c1-5-7-9-11-13-15-17-19-21-23-25-38-33-36(4)45-44(38)41-32-31-40(46-41)42-34-39(43(47-42)37-29-27-35(3)28-30-37)26-24-22-20-18-16-14-12-10-8-6-2/h27-34H,5-26H2,1-4H3. The fourth-order valence-corrected chi connectivity index (χ4v) is 10.4. The lowest BCUT2D eigenvalue weighted by Gasteiger charge is -2.05. The van der Waals surface area contributed by atoms with Crippen molar-refractivity contribution in [2.75, 3.05) is 0 Å². The van der Waals surface area contributed by atoms with Gasteiger partial charge in [-0.2, -0.15) is 0 Å². The van der Waals surface area contributed by atoms with E-state index < -0.39 is 0 Å². The van der Waals surface area contributed by atoms with Crippen LogP contribution < -0.4 is 0 Å². The molecular formula is C44H64S3. The normalized spacial score (nSPS) is 11.6. The summed E-state index contributed by atoms with van der Waals surface area (Å²) in [5.74, 6) is 0. The van der Waals surface area contributed by atoms with Crippen molar-refractivity contribution in [1.82, 2.24) is 0 Å². The molecule has 0 aliphatic rings. The average Bonchev–Trinajstić information content (AvgIpc) is 3.82. The Bertz CT molecular complexity index is 1380. The van der Waals surface area contributed by atoms with Gasteiger partial charge in [-0.05, 0) is 80.5 Å². The Morgan fingerprint density at radius 2 is 0.872 bits per heavy atom. The number of thiophene rings is 3. The van der Waals surface area contributed by atoms with Crippen molar-refractivity contribution < 1.29 is 0 Å². The summed E-state index contributed by atoms with van der Waals surface area (Å²) in [6.07, 6.45) is 30.4. The Balaban J connectivity index is 1.33. The van der Waals surface area contributed by atoms with Crippen LogP contribution in [-0.4, -0.2) is 0 Å². The Morgan fingerprint density at radius 3 is 1.40 bits per heavy atom. The van der Waals surface area contributed by atoms with Gasteiger partial charge in [0.1, 0.15) is 0 Å². The number of unbranched alkanes of at least 4 members (excludes halogenated alkanes) is 18. The molecule has 4 aromatic rings. The molecule has 0 fully saturated rings. The Hall–Kier alpha value is -1.68. The van der Waals surface area contributed by atoms with E-state index in [1.54, 1.807) is 11.1 Å². The molecule has 0 amide bonds. The summed E-state index contributed by atoms with van der Waals surface area (Å²) in [5.41, 5.74) is 5.86. The topological polar surface area (TPSA) is 0 Å². The third-order valence-electron chi connectivity index (χ3n) is 9.73. The fourth-order valence-electron chi connectivity index (χ4n) is 6.84. The molecule has 0 radical (unpaired) electrons. The molecule has 0 saturated heterocycles. The lowest BCUT2D eigenvalue weighted by molar-refractivity contribution is 0.556. The molecule has 3 aromatic heterocycles. The third-order valence-corrected chi connectivity index (χ3v) is 13.5. The van der Waals surface area contributed by atoms with Crippen LogP contribution in [0.3, 0.4) is 0 Å². The van der Waals surface area contributed by atoms with Crippen molar-refractivity contribution >= 4 is 34.0 Å². The Morgan fingerprint density at radius 1 is 0.404 bits per heavy atom. The van der Waals surface area contributed by atoms with E-state index in [2.05, 4.69) is 76.2 Å². The van der Waals surface area contributed by atoms with Crippen LogP contribution in [0.2, 0.25) is 0 Å². The molecule has 0 aliphatic carbocycles. The van der Waals surface area contributed by atoms with E-state index in [-0.39, 0.29) is 0 Å². The van der Waals surface area contributed by atoms with Crippen molar-refractivity contribution in [3.05, 3.63) is 70.1 Å². The van der Waals surface area contributed by atoms with E-state index in [0.717, 1.165) is 0 Å². The van der Waals surface area contributed by atoms with Gasteiger partial charge >= 0.3 is 0 Å². The van der Waals surface area contributed by atoms with Crippen molar-refractivity contribution in [3.63, 3.8) is 0 Å². The van der Waals surface area contributed by atoms with Crippen LogP contribution in [0.1, 0.15) is 164 Å². The van der Waals surface area contributed by atoms with Gasteiger partial charge in [0.15, 0.2) is 0 Å². The number of hydrogen-bond donors (Lipinski definition) is 0. The third kappa shape index (κ3) is 13.3. The molecule has 258 valence electrons. The highest BCUT2D eigenvalue weighted by Gasteiger charge is 2.17. The second-order valence-electron chi connectivity index (χ2n) is 14.1. The maximum Gasteiger partial charge on any atom is 0.0477 e. The molecule has 3 heteroatoms. The molecule has 0 nitrogen and oxygen atoms in total. The Kier molecular flexibility index (Phi) is 17.9. The molecule has 0 atom stereocenters. The van der Waals surface area contributed by atoms with Crippen LogP contribution in [0.4, 0.5) is 0 Å². The molecule has 47 heavy (non-hydrogen) atoms. The van der Waals surface area contributed by atoms with Crippen molar-refractivity contribution in [3.8, 4) is 29.9 Å². The van der Waals surface area contributed by atoms with Gasteiger partial charge in [0.25, 0.3) is 0 Å². The van der Waals surface area contributed by atoms with Crippen LogP contribution in [-0.2, 0) is 12.8 Å². The van der Waals surface area contributed by atoms with Gasteiger partial charge in [-0.3, -0.25) is 0 Å². The summed E-state index contributed by atoms with van der Waals surface area (Å²) in [4.78, 5) is 8.80. The molecule has 0 bridgehead atoms. The number of rotatable bonds is 25. The van der Waals surface area contributed by atoms with E-state index in [1.165, 1.54) is 182 Å². The zero-order valence-corrected chi connectivity index (χ0v) is 32.8. The summed E-state index contributed by atoms with van der Waals surface area (Å²) >= 11 is 6.02. The van der Waals surface area contributed by atoms with E-state index >= 15 is 0 Å². The van der Waals surface area contributed by atoms with Gasteiger partial charge in [0.05, 0.1) is 0 Å². The molecule has 0 N–H and O–H groups in total. The highest BCUT2D eigenvalue weighted by Crippen LogP contribution is 2.45. The zero-order chi connectivity index (χ0) is 33.1. The molecule has 1 aromatic carbocycles. The first-order valence-corrected chi connectivity index (χ1v) is 21.9. The predicted octanol–water partition coefficient (Wildman–Crippen LogP) is 16.4. The molecule has 4 rings (SSSR count). The maximum absolute atomic E-state index is 2.54. The fraction of sp³-hybridized carbons (Fsp3) is 0.591. The van der Waals surface area contributed by atoms with Gasteiger partial charge in [-0.15, -0.1) is 34.0 Å². The van der Waals surface area contributed by atoms with Crippen LogP contribution in [0.5, 0.6) is 0 Å². The Labute approximate surface area is 301 Å². The first-order valence-electron chi connectivity index (χ1n) is 19.5. The SMILES string of the molecule is CCCCCCCCCCCCc1cc(-c2ccc(-c3sc(C)cc3CCCCCCCCCCCC)s2)sc1-c1ccc(C)cc1. The van der Waals surface area contributed by atoms with Crippen LogP contribution in [0, 0.1) is 13.8 Å². The molecule has 3 heterocycles. The minimum Gasteiger partial charge on any atom is -0.139 e.